The van der Waals surface area contributed by atoms with Crippen LogP contribution in [0.1, 0.15) is 39.4 Å². The molecule has 1 amide bonds. The first-order valence-corrected chi connectivity index (χ1v) is 6.62. The molecule has 1 aromatic carbocycles. The first kappa shape index (κ1) is 15.1. The predicted molar refractivity (Wildman–Crippen MR) is 77.6 cm³/mol. The average Bonchev–Trinajstić information content (AvgIpc) is 2.95. The van der Waals surface area contributed by atoms with Gasteiger partial charge >= 0.3 is 5.97 Å². The standard InChI is InChI=1S/C15H14ClNO4/c1-9(10-4-3-5-12(16)6-10)17(2)14(18)13-7-11(8-21-13)15(19)20/h3-9H,1-2H3,(H,19,20). The normalized spacial score (nSPS) is 12.0. The molecule has 0 radical (unpaired) electrons. The molecule has 1 aromatic heterocycles. The maximum absolute atomic E-state index is 12.3. The lowest BCUT2D eigenvalue weighted by Gasteiger charge is -2.24. The van der Waals surface area contributed by atoms with Gasteiger partial charge in [0.25, 0.3) is 5.91 Å². The van der Waals surface area contributed by atoms with Gasteiger partial charge in [-0.3, -0.25) is 4.79 Å². The van der Waals surface area contributed by atoms with Crippen LogP contribution in [0.15, 0.2) is 41.0 Å². The summed E-state index contributed by atoms with van der Waals surface area (Å²) in [6.07, 6.45) is 1.05. The number of benzene rings is 1. The topological polar surface area (TPSA) is 70.8 Å². The minimum Gasteiger partial charge on any atom is -0.478 e. The monoisotopic (exact) mass is 307 g/mol. The third-order valence-corrected chi connectivity index (χ3v) is 3.52. The van der Waals surface area contributed by atoms with Crippen molar-refractivity contribution in [2.45, 2.75) is 13.0 Å². The molecular weight excluding hydrogens is 294 g/mol. The quantitative estimate of drug-likeness (QED) is 0.939. The Morgan fingerprint density at radius 2 is 2.05 bits per heavy atom. The third kappa shape index (κ3) is 3.25. The van der Waals surface area contributed by atoms with Crippen LogP contribution in [0.3, 0.4) is 0 Å². The molecule has 0 spiro atoms. The highest BCUT2D eigenvalue weighted by Gasteiger charge is 2.22. The van der Waals surface area contributed by atoms with Crippen molar-refractivity contribution in [3.8, 4) is 0 Å². The first-order chi connectivity index (χ1) is 9.90. The maximum atomic E-state index is 12.3. The first-order valence-electron chi connectivity index (χ1n) is 6.24. The predicted octanol–water partition coefficient (Wildman–Crippen LogP) is 3.46. The van der Waals surface area contributed by atoms with E-state index in [2.05, 4.69) is 0 Å². The molecule has 1 heterocycles. The number of hydrogen-bond donors (Lipinski definition) is 1. The van der Waals surface area contributed by atoms with Crippen LogP contribution in [0.2, 0.25) is 5.02 Å². The van der Waals surface area contributed by atoms with Crippen LogP contribution in [0.5, 0.6) is 0 Å². The fraction of sp³-hybridized carbons (Fsp3) is 0.200. The molecule has 0 fully saturated rings. The highest BCUT2D eigenvalue weighted by molar-refractivity contribution is 6.30. The Kier molecular flexibility index (Phi) is 4.33. The van der Waals surface area contributed by atoms with E-state index in [1.54, 1.807) is 19.2 Å². The largest absolute Gasteiger partial charge is 0.478 e. The van der Waals surface area contributed by atoms with E-state index in [1.807, 2.05) is 19.1 Å². The van der Waals surface area contributed by atoms with Crippen molar-refractivity contribution in [3.63, 3.8) is 0 Å². The Morgan fingerprint density at radius 1 is 1.33 bits per heavy atom. The fourth-order valence-corrected chi connectivity index (χ4v) is 2.10. The Bertz CT molecular complexity index is 680. The van der Waals surface area contributed by atoms with E-state index in [4.69, 9.17) is 21.1 Å². The van der Waals surface area contributed by atoms with Crippen LogP contribution >= 0.6 is 11.6 Å². The molecule has 0 aliphatic rings. The maximum Gasteiger partial charge on any atom is 0.338 e. The molecule has 2 rings (SSSR count). The number of carbonyl (C=O) groups excluding carboxylic acids is 1. The lowest BCUT2D eigenvalue weighted by molar-refractivity contribution is 0.0692. The molecule has 0 bridgehead atoms. The number of aromatic carboxylic acids is 1. The average molecular weight is 308 g/mol. The molecular formula is C15H14ClNO4. The highest BCUT2D eigenvalue weighted by atomic mass is 35.5. The second kappa shape index (κ2) is 6.01. The number of rotatable bonds is 4. The molecule has 1 unspecified atom stereocenters. The summed E-state index contributed by atoms with van der Waals surface area (Å²) >= 11 is 5.94. The van der Waals surface area contributed by atoms with Crippen LogP contribution < -0.4 is 0 Å². The number of furan rings is 1. The van der Waals surface area contributed by atoms with Crippen LogP contribution in [-0.2, 0) is 0 Å². The van der Waals surface area contributed by atoms with Crippen molar-refractivity contribution in [2.75, 3.05) is 7.05 Å². The summed E-state index contributed by atoms with van der Waals surface area (Å²) < 4.78 is 5.02. The van der Waals surface area contributed by atoms with Gasteiger partial charge in [0.2, 0.25) is 0 Å². The molecule has 0 saturated heterocycles. The fourth-order valence-electron chi connectivity index (χ4n) is 1.90. The Balaban J connectivity index is 2.19. The van der Waals surface area contributed by atoms with E-state index in [9.17, 15) is 9.59 Å². The smallest absolute Gasteiger partial charge is 0.338 e. The second-order valence-electron chi connectivity index (χ2n) is 4.65. The van der Waals surface area contributed by atoms with E-state index in [-0.39, 0.29) is 17.4 Å². The molecule has 5 nitrogen and oxygen atoms in total. The van der Waals surface area contributed by atoms with Gasteiger partial charge in [-0.1, -0.05) is 23.7 Å². The molecule has 0 aliphatic heterocycles. The molecule has 2 aromatic rings. The number of hydrogen-bond acceptors (Lipinski definition) is 3. The summed E-state index contributed by atoms with van der Waals surface area (Å²) in [4.78, 5) is 24.6. The summed E-state index contributed by atoms with van der Waals surface area (Å²) in [7, 11) is 1.62. The lowest BCUT2D eigenvalue weighted by Crippen LogP contribution is -2.29. The van der Waals surface area contributed by atoms with Crippen LogP contribution in [0.4, 0.5) is 0 Å². The summed E-state index contributed by atoms with van der Waals surface area (Å²) in [5, 5.41) is 9.43. The molecule has 110 valence electrons. The summed E-state index contributed by atoms with van der Waals surface area (Å²) in [6, 6.07) is 8.19. The number of carbonyl (C=O) groups is 2. The van der Waals surface area contributed by atoms with Crippen LogP contribution in [0.25, 0.3) is 0 Å². The number of carboxylic acid groups (broad SMARTS) is 1. The number of amides is 1. The van der Waals surface area contributed by atoms with Gasteiger partial charge in [0.1, 0.15) is 6.26 Å². The van der Waals surface area contributed by atoms with Gasteiger partial charge in [0, 0.05) is 18.1 Å². The van der Waals surface area contributed by atoms with Gasteiger partial charge in [0.05, 0.1) is 11.6 Å². The minimum absolute atomic E-state index is 0.0104. The van der Waals surface area contributed by atoms with E-state index in [0.29, 0.717) is 5.02 Å². The zero-order valence-corrected chi connectivity index (χ0v) is 12.3. The van der Waals surface area contributed by atoms with Crippen LogP contribution in [-0.4, -0.2) is 28.9 Å². The van der Waals surface area contributed by atoms with E-state index in [1.165, 1.54) is 11.0 Å². The molecule has 1 atom stereocenters. The summed E-state index contributed by atoms with van der Waals surface area (Å²) in [5.74, 6) is -1.54. The van der Waals surface area contributed by atoms with Crippen LogP contribution in [0, 0.1) is 0 Å². The van der Waals surface area contributed by atoms with E-state index in [0.717, 1.165) is 11.8 Å². The zero-order chi connectivity index (χ0) is 15.6. The van der Waals surface area contributed by atoms with Crippen molar-refractivity contribution < 1.29 is 19.1 Å². The molecule has 0 aliphatic carbocycles. The summed E-state index contributed by atoms with van der Waals surface area (Å²) in [6.45, 7) is 1.85. The van der Waals surface area contributed by atoms with Crippen molar-refractivity contribution in [2.24, 2.45) is 0 Å². The number of nitrogens with zero attached hydrogens (tertiary/aromatic N) is 1. The van der Waals surface area contributed by atoms with E-state index < -0.39 is 11.9 Å². The molecule has 21 heavy (non-hydrogen) atoms. The zero-order valence-electron chi connectivity index (χ0n) is 11.5. The van der Waals surface area contributed by atoms with E-state index >= 15 is 0 Å². The van der Waals surface area contributed by atoms with Gasteiger partial charge < -0.3 is 14.4 Å². The Morgan fingerprint density at radius 3 is 2.62 bits per heavy atom. The highest BCUT2D eigenvalue weighted by Crippen LogP contribution is 2.23. The number of halogens is 1. The molecule has 1 N–H and O–H groups in total. The van der Waals surface area contributed by atoms with Gasteiger partial charge in [-0.2, -0.15) is 0 Å². The number of carboxylic acids is 1. The van der Waals surface area contributed by atoms with Crippen molar-refractivity contribution in [1.82, 2.24) is 4.90 Å². The van der Waals surface area contributed by atoms with Gasteiger partial charge in [0.15, 0.2) is 5.76 Å². The Labute approximate surface area is 126 Å². The van der Waals surface area contributed by atoms with Gasteiger partial charge in [-0.05, 0) is 24.6 Å². The van der Waals surface area contributed by atoms with Crippen molar-refractivity contribution in [3.05, 3.63) is 58.5 Å². The van der Waals surface area contributed by atoms with Crippen molar-refractivity contribution in [1.29, 1.82) is 0 Å². The minimum atomic E-state index is -1.14. The third-order valence-electron chi connectivity index (χ3n) is 3.29. The van der Waals surface area contributed by atoms with Gasteiger partial charge in [-0.15, -0.1) is 0 Å². The second-order valence-corrected chi connectivity index (χ2v) is 5.09. The SMILES string of the molecule is CC(c1cccc(Cl)c1)N(C)C(=O)c1cc(C(=O)O)co1. The molecule has 0 saturated carbocycles. The van der Waals surface area contributed by atoms with Crippen molar-refractivity contribution >= 4 is 23.5 Å². The Hall–Kier alpha value is -2.27. The molecule has 6 heteroatoms. The summed E-state index contributed by atoms with van der Waals surface area (Å²) in [5.41, 5.74) is 0.825. The van der Waals surface area contributed by atoms with Gasteiger partial charge in [-0.25, -0.2) is 4.79 Å². The lowest BCUT2D eigenvalue weighted by atomic mass is 10.1.